The van der Waals surface area contributed by atoms with Crippen LogP contribution in [0.1, 0.15) is 28.3 Å². The Labute approximate surface area is 204 Å². The van der Waals surface area contributed by atoms with E-state index in [1.165, 1.54) is 0 Å². The molecule has 1 heterocycles. The molecule has 1 amide bonds. The number of amides is 1. The van der Waals surface area contributed by atoms with E-state index in [0.717, 1.165) is 0 Å². The van der Waals surface area contributed by atoms with E-state index in [2.05, 4.69) is 10.2 Å². The third-order valence-corrected chi connectivity index (χ3v) is 5.81. The highest BCUT2D eigenvalue weighted by atomic mass is 35.5. The first-order valence-corrected chi connectivity index (χ1v) is 10.5. The van der Waals surface area contributed by atoms with Crippen LogP contribution >= 0.6 is 24.0 Å². The Kier molecular flexibility index (Phi) is 9.26. The molecule has 0 aliphatic carbocycles. The molecule has 3 rings (SSSR count). The number of likely N-dealkylation sites (N-methyl/N-ethyl adjacent to an activating group) is 1. The highest BCUT2D eigenvalue weighted by molar-refractivity contribution is 6.31. The van der Waals surface area contributed by atoms with Crippen molar-refractivity contribution in [2.45, 2.75) is 24.9 Å². The van der Waals surface area contributed by atoms with Crippen molar-refractivity contribution in [3.05, 3.63) is 69.7 Å². The van der Waals surface area contributed by atoms with Crippen molar-refractivity contribution in [1.29, 1.82) is 0 Å². The first-order valence-electron chi connectivity index (χ1n) is 10.1. The van der Waals surface area contributed by atoms with Gasteiger partial charge in [0.1, 0.15) is 6.04 Å². The van der Waals surface area contributed by atoms with E-state index in [-0.39, 0.29) is 24.0 Å². The summed E-state index contributed by atoms with van der Waals surface area (Å²) in [6.45, 7) is 1.97. The zero-order chi connectivity index (χ0) is 24.4. The standard InChI is InChI=1S/C22H22ClF6N3O.ClH/c1-31-6-8-32(9-7-31)19(17-4-2-3-5-18(17)23)20(33)30-13-14-10-15(21(24,25)26)12-16(11-14)22(27,28)29;/h2-5,10-12,19H,6-9,13H2,1H3,(H,30,33);1H. The number of carbonyl (C=O) groups is 1. The lowest BCUT2D eigenvalue weighted by molar-refractivity contribution is -0.143. The largest absolute Gasteiger partial charge is 0.416 e. The number of nitrogens with one attached hydrogen (secondary N) is 1. The lowest BCUT2D eigenvalue weighted by Gasteiger charge is -2.37. The van der Waals surface area contributed by atoms with Gasteiger partial charge in [0.2, 0.25) is 5.91 Å². The van der Waals surface area contributed by atoms with Crippen molar-refractivity contribution >= 4 is 29.9 Å². The summed E-state index contributed by atoms with van der Waals surface area (Å²) in [5.41, 5.74) is -2.64. The highest BCUT2D eigenvalue weighted by Crippen LogP contribution is 2.36. The highest BCUT2D eigenvalue weighted by Gasteiger charge is 2.37. The Morgan fingerprint density at radius 3 is 2.00 bits per heavy atom. The smallest absolute Gasteiger partial charge is 0.350 e. The second-order valence-electron chi connectivity index (χ2n) is 7.90. The van der Waals surface area contributed by atoms with Crippen LogP contribution in [0.5, 0.6) is 0 Å². The first-order chi connectivity index (χ1) is 15.4. The van der Waals surface area contributed by atoms with Gasteiger partial charge in [-0.2, -0.15) is 26.3 Å². The van der Waals surface area contributed by atoms with Gasteiger partial charge in [0.05, 0.1) is 11.1 Å². The molecule has 1 aliphatic heterocycles. The molecule has 1 fully saturated rings. The zero-order valence-corrected chi connectivity index (χ0v) is 19.6. The van der Waals surface area contributed by atoms with Crippen molar-refractivity contribution in [3.8, 4) is 0 Å². The SMILES string of the molecule is CN1CCN(C(C(=O)NCc2cc(C(F)(F)F)cc(C(F)(F)F)c2)c2ccccc2Cl)CC1.Cl. The molecule has 0 saturated carbocycles. The third kappa shape index (κ3) is 7.00. The van der Waals surface area contributed by atoms with Gasteiger partial charge < -0.3 is 10.2 Å². The minimum Gasteiger partial charge on any atom is -0.350 e. The van der Waals surface area contributed by atoms with Crippen LogP contribution in [-0.4, -0.2) is 48.9 Å². The molecule has 0 aromatic heterocycles. The number of hydrogen-bond acceptors (Lipinski definition) is 3. The molecule has 0 spiro atoms. The van der Waals surface area contributed by atoms with Gasteiger partial charge in [0.25, 0.3) is 0 Å². The van der Waals surface area contributed by atoms with E-state index < -0.39 is 42.0 Å². The molecular formula is C22H23Cl2F6N3O. The maximum atomic E-state index is 13.1. The van der Waals surface area contributed by atoms with Crippen molar-refractivity contribution in [1.82, 2.24) is 15.1 Å². The number of halogens is 8. The number of benzene rings is 2. The fraction of sp³-hybridized carbons (Fsp3) is 0.409. The van der Waals surface area contributed by atoms with Crippen molar-refractivity contribution in [2.75, 3.05) is 33.2 Å². The third-order valence-electron chi connectivity index (χ3n) is 5.47. The maximum absolute atomic E-state index is 13.1. The number of rotatable bonds is 5. The molecule has 188 valence electrons. The molecule has 0 radical (unpaired) electrons. The van der Waals surface area contributed by atoms with Crippen LogP contribution in [0.4, 0.5) is 26.3 Å². The fourth-order valence-electron chi connectivity index (χ4n) is 3.69. The predicted octanol–water partition coefficient (Wildman–Crippen LogP) is 5.40. The summed E-state index contributed by atoms with van der Waals surface area (Å²) < 4.78 is 78.7. The maximum Gasteiger partial charge on any atom is 0.416 e. The predicted molar refractivity (Wildman–Crippen MR) is 119 cm³/mol. The van der Waals surface area contributed by atoms with Gasteiger partial charge in [-0.25, -0.2) is 0 Å². The second kappa shape index (κ2) is 11.2. The lowest BCUT2D eigenvalue weighted by Crippen LogP contribution is -2.49. The minimum absolute atomic E-state index is 0. The van der Waals surface area contributed by atoms with Gasteiger partial charge in [0.15, 0.2) is 0 Å². The average Bonchev–Trinajstić information content (AvgIpc) is 2.73. The molecule has 34 heavy (non-hydrogen) atoms. The molecule has 1 atom stereocenters. The lowest BCUT2D eigenvalue weighted by atomic mass is 10.0. The van der Waals surface area contributed by atoms with E-state index >= 15 is 0 Å². The Hall–Kier alpha value is -2.01. The van der Waals surface area contributed by atoms with Crippen LogP contribution in [-0.2, 0) is 23.7 Å². The Morgan fingerprint density at radius 2 is 1.50 bits per heavy atom. The second-order valence-corrected chi connectivity index (χ2v) is 8.30. The molecule has 0 bridgehead atoms. The van der Waals surface area contributed by atoms with Gasteiger partial charge in [-0.15, -0.1) is 12.4 Å². The molecule has 4 nitrogen and oxygen atoms in total. The van der Waals surface area contributed by atoms with Crippen LogP contribution < -0.4 is 5.32 Å². The Bertz CT molecular complexity index is 959. The minimum atomic E-state index is -4.96. The van der Waals surface area contributed by atoms with E-state index in [0.29, 0.717) is 48.9 Å². The van der Waals surface area contributed by atoms with Crippen molar-refractivity contribution in [2.24, 2.45) is 0 Å². The van der Waals surface area contributed by atoms with Crippen LogP contribution in [0.2, 0.25) is 5.02 Å². The zero-order valence-electron chi connectivity index (χ0n) is 18.0. The number of carbonyl (C=O) groups excluding carboxylic acids is 1. The number of alkyl halides is 6. The molecule has 12 heteroatoms. The first kappa shape index (κ1) is 28.2. The van der Waals surface area contributed by atoms with Gasteiger partial charge in [-0.05, 0) is 42.4 Å². The summed E-state index contributed by atoms with van der Waals surface area (Å²) in [5, 5.41) is 2.85. The van der Waals surface area contributed by atoms with E-state index in [9.17, 15) is 31.1 Å². The summed E-state index contributed by atoms with van der Waals surface area (Å²) in [6.07, 6.45) is -9.92. The average molecular weight is 530 g/mol. The topological polar surface area (TPSA) is 35.6 Å². The van der Waals surface area contributed by atoms with Crippen molar-refractivity contribution < 1.29 is 31.1 Å². The van der Waals surface area contributed by atoms with Gasteiger partial charge in [-0.3, -0.25) is 9.69 Å². The fourth-order valence-corrected chi connectivity index (χ4v) is 3.93. The van der Waals surface area contributed by atoms with E-state index in [4.69, 9.17) is 11.6 Å². The molecule has 1 aliphatic rings. The summed E-state index contributed by atoms with van der Waals surface area (Å²) in [5.74, 6) is -0.557. The molecule has 1 saturated heterocycles. The van der Waals surface area contributed by atoms with Gasteiger partial charge in [0, 0.05) is 37.7 Å². The van der Waals surface area contributed by atoms with Gasteiger partial charge >= 0.3 is 12.4 Å². The number of hydrogen-bond donors (Lipinski definition) is 1. The number of piperazine rings is 1. The Balaban J connectivity index is 0.00000408. The molecule has 1 N–H and O–H groups in total. The summed E-state index contributed by atoms with van der Waals surface area (Å²) in [7, 11) is 1.94. The van der Waals surface area contributed by atoms with Crippen LogP contribution in [0, 0.1) is 0 Å². The van der Waals surface area contributed by atoms with E-state index in [1.807, 2.05) is 11.9 Å². The molecule has 1 unspecified atom stereocenters. The van der Waals surface area contributed by atoms with Crippen LogP contribution in [0.15, 0.2) is 42.5 Å². The van der Waals surface area contributed by atoms with Crippen molar-refractivity contribution in [3.63, 3.8) is 0 Å². The van der Waals surface area contributed by atoms with Gasteiger partial charge in [-0.1, -0.05) is 29.8 Å². The molecule has 2 aromatic carbocycles. The van der Waals surface area contributed by atoms with Crippen LogP contribution in [0.25, 0.3) is 0 Å². The molecular weight excluding hydrogens is 507 g/mol. The summed E-state index contributed by atoms with van der Waals surface area (Å²) in [4.78, 5) is 17.1. The monoisotopic (exact) mass is 529 g/mol. The molecule has 2 aromatic rings. The normalized spacial score (nSPS) is 16.6. The summed E-state index contributed by atoms with van der Waals surface area (Å²) in [6, 6.07) is 7.15. The summed E-state index contributed by atoms with van der Waals surface area (Å²) >= 11 is 6.30. The van der Waals surface area contributed by atoms with Crippen LogP contribution in [0.3, 0.4) is 0 Å². The Morgan fingerprint density at radius 1 is 0.971 bits per heavy atom. The quantitative estimate of drug-likeness (QED) is 0.526. The number of nitrogens with zero attached hydrogens (tertiary/aromatic N) is 2. The van der Waals surface area contributed by atoms with E-state index in [1.54, 1.807) is 24.3 Å².